The third kappa shape index (κ3) is 5.93. The molecule has 1 N–H and O–H groups in total. The number of likely N-dealkylation sites (tertiary alicyclic amines) is 1. The summed E-state index contributed by atoms with van der Waals surface area (Å²) in [6.45, 7) is 3.55. The topological polar surface area (TPSA) is 46.1 Å². The summed E-state index contributed by atoms with van der Waals surface area (Å²) in [7, 11) is 5.33. The number of halogens is 1. The van der Waals surface area contributed by atoms with Crippen molar-refractivity contribution in [2.24, 2.45) is 10.9 Å². The summed E-state index contributed by atoms with van der Waals surface area (Å²) in [4.78, 5) is 6.69. The lowest BCUT2D eigenvalue weighted by Gasteiger charge is -2.24. The predicted octanol–water partition coefficient (Wildman–Crippen LogP) is 2.54. The molecule has 5 nitrogen and oxygen atoms in total. The molecule has 1 aromatic rings. The molecule has 0 aliphatic carbocycles. The van der Waals surface area contributed by atoms with Crippen molar-refractivity contribution in [3.8, 4) is 0 Å². The number of methoxy groups -OCH3 is 2. The zero-order valence-corrected chi connectivity index (χ0v) is 16.5. The van der Waals surface area contributed by atoms with Crippen LogP contribution in [0.3, 0.4) is 0 Å². The van der Waals surface area contributed by atoms with Crippen molar-refractivity contribution in [2.45, 2.75) is 12.5 Å². The smallest absolute Gasteiger partial charge is 0.193 e. The minimum Gasteiger partial charge on any atom is -0.384 e. The Kier molecular flexibility index (Phi) is 9.50. The number of rotatable bonds is 6. The van der Waals surface area contributed by atoms with E-state index in [-0.39, 0.29) is 30.1 Å². The number of benzene rings is 1. The van der Waals surface area contributed by atoms with E-state index < -0.39 is 0 Å². The molecule has 1 aliphatic rings. The Bertz CT molecular complexity index is 470. The molecule has 6 heteroatoms. The van der Waals surface area contributed by atoms with Gasteiger partial charge in [0.1, 0.15) is 0 Å². The van der Waals surface area contributed by atoms with E-state index in [4.69, 9.17) is 9.47 Å². The first-order valence-corrected chi connectivity index (χ1v) is 7.80. The maximum atomic E-state index is 5.60. The highest BCUT2D eigenvalue weighted by Crippen LogP contribution is 2.18. The summed E-state index contributed by atoms with van der Waals surface area (Å²) in [5, 5.41) is 3.43. The molecule has 2 rings (SSSR count). The highest BCUT2D eigenvalue weighted by molar-refractivity contribution is 14.0. The second kappa shape index (κ2) is 10.8. The van der Waals surface area contributed by atoms with Gasteiger partial charge in [-0.25, -0.2) is 0 Å². The molecule has 1 aromatic carbocycles. The van der Waals surface area contributed by atoms with Crippen molar-refractivity contribution in [1.82, 2.24) is 10.2 Å². The molecule has 23 heavy (non-hydrogen) atoms. The zero-order valence-electron chi connectivity index (χ0n) is 14.2. The monoisotopic (exact) mass is 433 g/mol. The van der Waals surface area contributed by atoms with Crippen LogP contribution in [0, 0.1) is 5.92 Å². The zero-order chi connectivity index (χ0) is 15.8. The van der Waals surface area contributed by atoms with Gasteiger partial charge in [0, 0.05) is 46.8 Å². The largest absolute Gasteiger partial charge is 0.384 e. The first-order valence-electron chi connectivity index (χ1n) is 7.80. The number of nitrogens with zero attached hydrogens (tertiary/aromatic N) is 2. The molecule has 0 spiro atoms. The quantitative estimate of drug-likeness (QED) is 0.426. The maximum absolute atomic E-state index is 5.60. The SMILES string of the molecule is CN=C(NCC(OC)c1ccccc1)N1CCC(COC)C1.I. The summed E-state index contributed by atoms with van der Waals surface area (Å²) < 4.78 is 10.9. The molecule has 0 radical (unpaired) electrons. The molecule has 0 saturated carbocycles. The van der Waals surface area contributed by atoms with Gasteiger partial charge in [0.25, 0.3) is 0 Å². The predicted molar refractivity (Wildman–Crippen MR) is 105 cm³/mol. The van der Waals surface area contributed by atoms with E-state index in [1.54, 1.807) is 14.2 Å². The van der Waals surface area contributed by atoms with Gasteiger partial charge in [0.2, 0.25) is 0 Å². The normalized spacial score (nSPS) is 19.3. The van der Waals surface area contributed by atoms with Gasteiger partial charge in [-0.15, -0.1) is 24.0 Å². The van der Waals surface area contributed by atoms with Gasteiger partial charge < -0.3 is 19.7 Å². The Hall–Kier alpha value is -0.860. The van der Waals surface area contributed by atoms with Crippen LogP contribution in [0.5, 0.6) is 0 Å². The van der Waals surface area contributed by atoms with E-state index in [1.807, 2.05) is 25.2 Å². The molecule has 0 bridgehead atoms. The Balaban J connectivity index is 0.00000264. The lowest BCUT2D eigenvalue weighted by molar-refractivity contribution is 0.106. The third-order valence-corrected chi connectivity index (χ3v) is 4.10. The lowest BCUT2D eigenvalue weighted by Crippen LogP contribution is -2.42. The number of ether oxygens (including phenoxy) is 2. The van der Waals surface area contributed by atoms with E-state index in [0.29, 0.717) is 12.5 Å². The van der Waals surface area contributed by atoms with Crippen LogP contribution in [0.1, 0.15) is 18.1 Å². The van der Waals surface area contributed by atoms with E-state index in [2.05, 4.69) is 27.3 Å². The fourth-order valence-electron chi connectivity index (χ4n) is 2.92. The van der Waals surface area contributed by atoms with Crippen LogP contribution in [0.2, 0.25) is 0 Å². The summed E-state index contributed by atoms with van der Waals surface area (Å²) >= 11 is 0. The number of aliphatic imine (C=N–C) groups is 1. The fraction of sp³-hybridized carbons (Fsp3) is 0.588. The number of nitrogens with one attached hydrogen (secondary N) is 1. The second-order valence-electron chi connectivity index (χ2n) is 5.62. The van der Waals surface area contributed by atoms with Crippen LogP contribution in [-0.4, -0.2) is 58.4 Å². The molecule has 2 unspecified atom stereocenters. The van der Waals surface area contributed by atoms with Gasteiger partial charge in [0.15, 0.2) is 5.96 Å². The maximum Gasteiger partial charge on any atom is 0.193 e. The van der Waals surface area contributed by atoms with Crippen molar-refractivity contribution in [1.29, 1.82) is 0 Å². The number of hydrogen-bond acceptors (Lipinski definition) is 3. The van der Waals surface area contributed by atoms with Crippen molar-refractivity contribution in [3.63, 3.8) is 0 Å². The molecule has 1 fully saturated rings. The van der Waals surface area contributed by atoms with Crippen molar-refractivity contribution < 1.29 is 9.47 Å². The highest BCUT2D eigenvalue weighted by Gasteiger charge is 2.25. The van der Waals surface area contributed by atoms with Gasteiger partial charge >= 0.3 is 0 Å². The van der Waals surface area contributed by atoms with Crippen molar-refractivity contribution in [2.75, 3.05) is 47.5 Å². The van der Waals surface area contributed by atoms with Crippen molar-refractivity contribution >= 4 is 29.9 Å². The summed E-state index contributed by atoms with van der Waals surface area (Å²) in [5.41, 5.74) is 1.17. The van der Waals surface area contributed by atoms with Crippen LogP contribution in [0.4, 0.5) is 0 Å². The second-order valence-corrected chi connectivity index (χ2v) is 5.62. The molecule has 0 aromatic heterocycles. The van der Waals surface area contributed by atoms with Crippen LogP contribution in [0.25, 0.3) is 0 Å². The van der Waals surface area contributed by atoms with Gasteiger partial charge in [0.05, 0.1) is 12.7 Å². The van der Waals surface area contributed by atoms with Crippen LogP contribution < -0.4 is 5.32 Å². The van der Waals surface area contributed by atoms with E-state index in [0.717, 1.165) is 32.1 Å². The third-order valence-electron chi connectivity index (χ3n) is 4.10. The Morgan fingerprint density at radius 2 is 2.09 bits per heavy atom. The first-order chi connectivity index (χ1) is 10.8. The van der Waals surface area contributed by atoms with Crippen LogP contribution in [-0.2, 0) is 9.47 Å². The lowest BCUT2D eigenvalue weighted by atomic mass is 10.1. The minimum absolute atomic E-state index is 0. The van der Waals surface area contributed by atoms with Gasteiger partial charge in [-0.3, -0.25) is 4.99 Å². The Labute approximate surface area is 156 Å². The molecular weight excluding hydrogens is 405 g/mol. The Morgan fingerprint density at radius 1 is 1.35 bits per heavy atom. The van der Waals surface area contributed by atoms with Crippen LogP contribution >= 0.6 is 24.0 Å². The molecule has 2 atom stereocenters. The van der Waals surface area contributed by atoms with E-state index in [9.17, 15) is 0 Å². The summed E-state index contributed by atoms with van der Waals surface area (Å²) in [6.07, 6.45) is 1.18. The van der Waals surface area contributed by atoms with E-state index in [1.165, 1.54) is 5.56 Å². The van der Waals surface area contributed by atoms with E-state index >= 15 is 0 Å². The Morgan fingerprint density at radius 3 is 2.70 bits per heavy atom. The average molecular weight is 433 g/mol. The summed E-state index contributed by atoms with van der Waals surface area (Å²) in [6, 6.07) is 10.3. The molecular formula is C17H28IN3O2. The van der Waals surface area contributed by atoms with Gasteiger partial charge in [-0.2, -0.15) is 0 Å². The first kappa shape index (κ1) is 20.2. The van der Waals surface area contributed by atoms with Gasteiger partial charge in [-0.1, -0.05) is 30.3 Å². The standard InChI is InChI=1S/C17H27N3O2.HI/c1-18-17(20-10-9-14(12-20)13-21-2)19-11-16(22-3)15-7-5-4-6-8-15;/h4-8,14,16H,9-13H2,1-3H3,(H,18,19);1H. The van der Waals surface area contributed by atoms with Crippen molar-refractivity contribution in [3.05, 3.63) is 35.9 Å². The molecule has 1 aliphatic heterocycles. The highest BCUT2D eigenvalue weighted by atomic mass is 127. The average Bonchev–Trinajstić information content (AvgIpc) is 3.01. The minimum atomic E-state index is 0. The van der Waals surface area contributed by atoms with Gasteiger partial charge in [-0.05, 0) is 12.0 Å². The molecule has 1 heterocycles. The number of hydrogen-bond donors (Lipinski definition) is 1. The summed E-state index contributed by atoms with van der Waals surface area (Å²) in [5.74, 6) is 1.53. The fourth-order valence-corrected chi connectivity index (χ4v) is 2.92. The molecule has 1 saturated heterocycles. The molecule has 0 amide bonds. The molecule has 130 valence electrons. The van der Waals surface area contributed by atoms with Crippen LogP contribution in [0.15, 0.2) is 35.3 Å². The number of guanidine groups is 1.